The lowest BCUT2D eigenvalue weighted by Crippen LogP contribution is -2.52. The zero-order valence-electron chi connectivity index (χ0n) is 11.6. The summed E-state index contributed by atoms with van der Waals surface area (Å²) in [5, 5.41) is 15.9. The van der Waals surface area contributed by atoms with Gasteiger partial charge in [-0.05, 0) is 13.3 Å². The molecule has 0 radical (unpaired) electrons. The average Bonchev–Trinajstić information content (AvgIpc) is 2.87. The van der Waals surface area contributed by atoms with Crippen LogP contribution in [-0.2, 0) is 16.1 Å². The molecule has 0 spiro atoms. The van der Waals surface area contributed by atoms with Crippen molar-refractivity contribution in [3.05, 3.63) is 11.9 Å². The number of rotatable bonds is 4. The highest BCUT2D eigenvalue weighted by Gasteiger charge is 2.32. The van der Waals surface area contributed by atoms with Crippen molar-refractivity contribution in [1.82, 2.24) is 19.9 Å². The Morgan fingerprint density at radius 3 is 2.90 bits per heavy atom. The Hall–Kier alpha value is -1.96. The van der Waals surface area contributed by atoms with E-state index < -0.39 is 5.97 Å². The molecule has 110 valence electrons. The first-order chi connectivity index (χ1) is 9.43. The second-order valence-electron chi connectivity index (χ2n) is 5.07. The third kappa shape index (κ3) is 3.13. The molecule has 1 atom stereocenters. The van der Waals surface area contributed by atoms with Crippen LogP contribution in [0.4, 0.5) is 0 Å². The summed E-state index contributed by atoms with van der Waals surface area (Å²) < 4.78 is 6.92. The van der Waals surface area contributed by atoms with Gasteiger partial charge < -0.3 is 14.7 Å². The van der Waals surface area contributed by atoms with E-state index in [1.54, 1.807) is 4.90 Å². The number of aromatic nitrogens is 3. The minimum atomic E-state index is -1.16. The molecule has 1 unspecified atom stereocenters. The Labute approximate surface area is 116 Å². The van der Waals surface area contributed by atoms with Gasteiger partial charge >= 0.3 is 5.97 Å². The molecule has 2 rings (SSSR count). The van der Waals surface area contributed by atoms with Gasteiger partial charge in [0.1, 0.15) is 6.54 Å². The molecule has 1 aliphatic rings. The Morgan fingerprint density at radius 2 is 2.30 bits per heavy atom. The summed E-state index contributed by atoms with van der Waals surface area (Å²) in [6, 6.07) is 0. The zero-order chi connectivity index (χ0) is 14.8. The fourth-order valence-corrected chi connectivity index (χ4v) is 2.07. The molecule has 8 nitrogen and oxygen atoms in total. The molecule has 20 heavy (non-hydrogen) atoms. The maximum Gasteiger partial charge on any atom is 0.358 e. The minimum absolute atomic E-state index is 0.0138. The van der Waals surface area contributed by atoms with Gasteiger partial charge in [-0.25, -0.2) is 9.48 Å². The van der Waals surface area contributed by atoms with Crippen molar-refractivity contribution in [2.45, 2.75) is 32.4 Å². The van der Waals surface area contributed by atoms with E-state index in [0.29, 0.717) is 19.7 Å². The van der Waals surface area contributed by atoms with Crippen LogP contribution in [0.25, 0.3) is 0 Å². The molecular weight excluding hydrogens is 264 g/mol. The molecule has 0 aliphatic carbocycles. The third-order valence-corrected chi connectivity index (χ3v) is 3.49. The summed E-state index contributed by atoms with van der Waals surface area (Å²) in [5.41, 5.74) is -0.485. The fourth-order valence-electron chi connectivity index (χ4n) is 2.07. The molecule has 1 aromatic rings. The first kappa shape index (κ1) is 14.4. The van der Waals surface area contributed by atoms with E-state index in [1.165, 1.54) is 10.9 Å². The molecular formula is C12H18N4O4. The van der Waals surface area contributed by atoms with E-state index in [1.807, 2.05) is 13.8 Å². The number of hydrogen-bond donors (Lipinski definition) is 1. The lowest BCUT2D eigenvalue weighted by Gasteiger charge is -2.40. The van der Waals surface area contributed by atoms with E-state index in [-0.39, 0.29) is 23.7 Å². The summed E-state index contributed by atoms with van der Waals surface area (Å²) in [5.74, 6) is -1.27. The van der Waals surface area contributed by atoms with Crippen LogP contribution >= 0.6 is 0 Å². The van der Waals surface area contributed by atoms with Crippen LogP contribution in [0.1, 0.15) is 30.8 Å². The highest BCUT2D eigenvalue weighted by molar-refractivity contribution is 5.84. The highest BCUT2D eigenvalue weighted by atomic mass is 16.5. The topological polar surface area (TPSA) is 97.6 Å². The van der Waals surface area contributed by atoms with E-state index >= 15 is 0 Å². The Bertz CT molecular complexity index is 515. The lowest BCUT2D eigenvalue weighted by atomic mass is 10.0. The number of carbonyl (C=O) groups excluding carboxylic acids is 1. The van der Waals surface area contributed by atoms with Crippen LogP contribution in [0.2, 0.25) is 0 Å². The van der Waals surface area contributed by atoms with Gasteiger partial charge in [0.2, 0.25) is 5.91 Å². The standard InChI is InChI=1S/C12H18N4O4/c1-3-12(2)8-15(4-5-20-12)10(17)7-16-6-9(11(18)19)13-14-16/h6H,3-5,7-8H2,1-2H3,(H,18,19). The maximum absolute atomic E-state index is 12.2. The number of hydrogen-bond acceptors (Lipinski definition) is 5. The van der Waals surface area contributed by atoms with Crippen LogP contribution < -0.4 is 0 Å². The van der Waals surface area contributed by atoms with Crippen LogP contribution in [0.3, 0.4) is 0 Å². The monoisotopic (exact) mass is 282 g/mol. The largest absolute Gasteiger partial charge is 0.476 e. The van der Waals surface area contributed by atoms with Gasteiger partial charge in [-0.1, -0.05) is 12.1 Å². The third-order valence-electron chi connectivity index (χ3n) is 3.49. The summed E-state index contributed by atoms with van der Waals surface area (Å²) in [6.07, 6.45) is 2.07. The Balaban J connectivity index is 1.98. The van der Waals surface area contributed by atoms with Gasteiger partial charge in [-0.3, -0.25) is 4.79 Å². The van der Waals surface area contributed by atoms with E-state index in [2.05, 4.69) is 10.3 Å². The second-order valence-corrected chi connectivity index (χ2v) is 5.07. The minimum Gasteiger partial charge on any atom is -0.476 e. The quantitative estimate of drug-likeness (QED) is 0.835. The molecule has 1 N–H and O–H groups in total. The van der Waals surface area contributed by atoms with Gasteiger partial charge in [0.25, 0.3) is 0 Å². The van der Waals surface area contributed by atoms with Gasteiger partial charge in [-0.2, -0.15) is 0 Å². The number of ether oxygens (including phenoxy) is 1. The predicted molar refractivity (Wildman–Crippen MR) is 68.2 cm³/mol. The van der Waals surface area contributed by atoms with Crippen molar-refractivity contribution in [3.63, 3.8) is 0 Å². The van der Waals surface area contributed by atoms with E-state index in [4.69, 9.17) is 9.84 Å². The fraction of sp³-hybridized carbons (Fsp3) is 0.667. The summed E-state index contributed by atoms with van der Waals surface area (Å²) >= 11 is 0. The zero-order valence-corrected chi connectivity index (χ0v) is 11.6. The van der Waals surface area contributed by atoms with Crippen LogP contribution in [-0.4, -0.2) is 62.2 Å². The number of aromatic carboxylic acids is 1. The first-order valence-electron chi connectivity index (χ1n) is 6.49. The van der Waals surface area contributed by atoms with Gasteiger partial charge in [0, 0.05) is 13.1 Å². The summed E-state index contributed by atoms with van der Waals surface area (Å²) in [4.78, 5) is 24.6. The van der Waals surface area contributed by atoms with Gasteiger partial charge in [0.15, 0.2) is 5.69 Å². The predicted octanol–water partition coefficient (Wildman–Crippen LogP) is 0.00380. The SMILES string of the molecule is CCC1(C)CN(C(=O)Cn2cc(C(=O)O)nn2)CCO1. The van der Waals surface area contributed by atoms with Crippen molar-refractivity contribution in [2.75, 3.05) is 19.7 Å². The van der Waals surface area contributed by atoms with Gasteiger partial charge in [0.05, 0.1) is 18.4 Å². The number of amides is 1. The van der Waals surface area contributed by atoms with Crippen molar-refractivity contribution < 1.29 is 19.4 Å². The highest BCUT2D eigenvalue weighted by Crippen LogP contribution is 2.21. The molecule has 0 bridgehead atoms. The molecule has 1 amide bonds. The lowest BCUT2D eigenvalue weighted by molar-refractivity contribution is -0.149. The smallest absolute Gasteiger partial charge is 0.358 e. The Morgan fingerprint density at radius 1 is 1.55 bits per heavy atom. The summed E-state index contributed by atoms with van der Waals surface area (Å²) in [7, 11) is 0. The molecule has 1 saturated heterocycles. The van der Waals surface area contributed by atoms with E-state index in [9.17, 15) is 9.59 Å². The van der Waals surface area contributed by atoms with Gasteiger partial charge in [-0.15, -0.1) is 5.10 Å². The molecule has 0 saturated carbocycles. The van der Waals surface area contributed by atoms with Crippen LogP contribution in [0, 0.1) is 0 Å². The Kier molecular flexibility index (Phi) is 4.03. The molecule has 2 heterocycles. The van der Waals surface area contributed by atoms with Crippen LogP contribution in [0.5, 0.6) is 0 Å². The van der Waals surface area contributed by atoms with E-state index in [0.717, 1.165) is 6.42 Å². The normalized spacial score (nSPS) is 22.8. The van der Waals surface area contributed by atoms with Crippen molar-refractivity contribution >= 4 is 11.9 Å². The number of morpholine rings is 1. The van der Waals surface area contributed by atoms with Crippen molar-refractivity contribution in [3.8, 4) is 0 Å². The molecule has 1 aliphatic heterocycles. The number of carboxylic acids is 1. The molecule has 1 aromatic heterocycles. The number of nitrogens with zero attached hydrogens (tertiary/aromatic N) is 4. The number of carbonyl (C=O) groups is 2. The van der Waals surface area contributed by atoms with Crippen molar-refractivity contribution in [2.24, 2.45) is 0 Å². The molecule has 8 heteroatoms. The van der Waals surface area contributed by atoms with Crippen LogP contribution in [0.15, 0.2) is 6.20 Å². The summed E-state index contributed by atoms with van der Waals surface area (Å²) in [6.45, 7) is 5.56. The van der Waals surface area contributed by atoms with Crippen molar-refractivity contribution in [1.29, 1.82) is 0 Å². The molecule has 0 aromatic carbocycles. The average molecular weight is 282 g/mol. The maximum atomic E-state index is 12.2. The first-order valence-corrected chi connectivity index (χ1v) is 6.49. The molecule has 1 fully saturated rings. The number of carboxylic acid groups (broad SMARTS) is 1. The second kappa shape index (κ2) is 5.58.